The van der Waals surface area contributed by atoms with Crippen molar-refractivity contribution >= 4 is 23.2 Å². The van der Waals surface area contributed by atoms with Crippen LogP contribution in [0, 0.1) is 0 Å². The molecule has 3 rings (SSSR count). The fourth-order valence-corrected chi connectivity index (χ4v) is 2.50. The molecular weight excluding hydrogens is 387 g/mol. The Morgan fingerprint density at radius 2 is 1.78 bits per heavy atom. The van der Waals surface area contributed by atoms with Crippen LogP contribution in [0.1, 0.15) is 16.2 Å². The molecule has 0 aliphatic heterocycles. The van der Waals surface area contributed by atoms with Crippen LogP contribution in [0.4, 0.5) is 18.9 Å². The van der Waals surface area contributed by atoms with Crippen molar-refractivity contribution in [2.24, 2.45) is 0 Å². The van der Waals surface area contributed by atoms with E-state index in [1.807, 2.05) is 0 Å². The van der Waals surface area contributed by atoms with Gasteiger partial charge in [0.1, 0.15) is 5.69 Å². The van der Waals surface area contributed by atoms with Crippen LogP contribution in [-0.4, -0.2) is 25.9 Å². The number of aromatic hydroxyl groups is 2. The quantitative estimate of drug-likeness (QED) is 0.456. The van der Waals surface area contributed by atoms with E-state index in [9.17, 15) is 28.2 Å². The maximum absolute atomic E-state index is 13.1. The van der Waals surface area contributed by atoms with Gasteiger partial charge < -0.3 is 15.5 Å². The zero-order valence-electron chi connectivity index (χ0n) is 13.3. The van der Waals surface area contributed by atoms with Gasteiger partial charge in [0, 0.05) is 17.8 Å². The van der Waals surface area contributed by atoms with Crippen LogP contribution in [0.15, 0.2) is 48.5 Å². The number of phenolic OH excluding ortho intramolecular Hbond substituents is 2. The number of hydrogen-bond acceptors (Lipinski definition) is 4. The van der Waals surface area contributed by atoms with E-state index in [-0.39, 0.29) is 16.4 Å². The first-order valence-electron chi connectivity index (χ1n) is 7.42. The minimum Gasteiger partial charge on any atom is -0.504 e. The van der Waals surface area contributed by atoms with Gasteiger partial charge in [0.25, 0.3) is 5.91 Å². The molecule has 6 nitrogen and oxygen atoms in total. The Balaban J connectivity index is 2.05. The van der Waals surface area contributed by atoms with Crippen molar-refractivity contribution in [1.29, 1.82) is 0 Å². The first kappa shape index (κ1) is 18.6. The predicted molar refractivity (Wildman–Crippen MR) is 91.3 cm³/mol. The number of hydrogen-bond donors (Lipinski definition) is 3. The Labute approximate surface area is 155 Å². The lowest BCUT2D eigenvalue weighted by atomic mass is 10.2. The molecule has 2 aromatic carbocycles. The summed E-state index contributed by atoms with van der Waals surface area (Å²) >= 11 is 6.02. The predicted octanol–water partition coefficient (Wildman–Crippen LogP) is 4.21. The summed E-state index contributed by atoms with van der Waals surface area (Å²) in [5.74, 6) is -1.82. The van der Waals surface area contributed by atoms with Gasteiger partial charge in [-0.1, -0.05) is 23.7 Å². The average Bonchev–Trinajstić information content (AvgIpc) is 3.04. The lowest BCUT2D eigenvalue weighted by molar-refractivity contribution is -0.141. The Morgan fingerprint density at radius 3 is 2.41 bits per heavy atom. The number of carbonyl (C=O) groups is 1. The van der Waals surface area contributed by atoms with Gasteiger partial charge in [-0.25, -0.2) is 4.68 Å². The smallest absolute Gasteiger partial charge is 0.435 e. The van der Waals surface area contributed by atoms with Crippen molar-refractivity contribution in [3.63, 3.8) is 0 Å². The fraction of sp³-hybridized carbons (Fsp3) is 0.0588. The van der Waals surface area contributed by atoms with E-state index in [0.717, 1.165) is 16.8 Å². The first-order chi connectivity index (χ1) is 12.7. The van der Waals surface area contributed by atoms with Gasteiger partial charge >= 0.3 is 6.18 Å². The van der Waals surface area contributed by atoms with Crippen molar-refractivity contribution in [1.82, 2.24) is 9.78 Å². The standard InChI is InChI=1S/C17H11ClF3N3O3/c18-10-3-1-2-4-11(10)24-12(8-15(23-24)17(19,20)21)16(27)22-9-5-6-13(25)14(26)7-9/h1-8,25-26H,(H,22,27). The molecule has 3 N–H and O–H groups in total. The van der Waals surface area contributed by atoms with Crippen LogP contribution in [0.5, 0.6) is 11.5 Å². The Morgan fingerprint density at radius 1 is 1.07 bits per heavy atom. The fourth-order valence-electron chi connectivity index (χ4n) is 2.28. The Hall–Kier alpha value is -3.20. The van der Waals surface area contributed by atoms with Gasteiger partial charge in [-0.05, 0) is 24.3 Å². The number of nitrogens with one attached hydrogen (secondary N) is 1. The van der Waals surface area contributed by atoms with Gasteiger partial charge in [0.2, 0.25) is 0 Å². The largest absolute Gasteiger partial charge is 0.504 e. The average molecular weight is 398 g/mol. The molecule has 1 heterocycles. The number of rotatable bonds is 3. The maximum atomic E-state index is 13.1. The molecule has 0 atom stereocenters. The number of benzene rings is 2. The SMILES string of the molecule is O=C(Nc1ccc(O)c(O)c1)c1cc(C(F)(F)F)nn1-c1ccccc1Cl. The summed E-state index contributed by atoms with van der Waals surface area (Å²) in [5, 5.41) is 24.7. The number of nitrogens with zero attached hydrogens (tertiary/aromatic N) is 2. The van der Waals surface area contributed by atoms with E-state index >= 15 is 0 Å². The van der Waals surface area contributed by atoms with Gasteiger partial charge in [0.05, 0.1) is 10.7 Å². The lowest BCUT2D eigenvalue weighted by Gasteiger charge is -2.10. The molecule has 0 aliphatic rings. The molecule has 1 amide bonds. The number of phenols is 2. The monoisotopic (exact) mass is 397 g/mol. The Bertz CT molecular complexity index is 1020. The molecule has 0 saturated carbocycles. The maximum Gasteiger partial charge on any atom is 0.435 e. The molecule has 0 radical (unpaired) electrons. The number of halogens is 4. The summed E-state index contributed by atoms with van der Waals surface area (Å²) in [6.45, 7) is 0. The molecule has 0 spiro atoms. The van der Waals surface area contributed by atoms with Crippen molar-refractivity contribution in [2.45, 2.75) is 6.18 Å². The third-order valence-electron chi connectivity index (χ3n) is 3.55. The van der Waals surface area contributed by atoms with Crippen LogP contribution >= 0.6 is 11.6 Å². The van der Waals surface area contributed by atoms with Crippen molar-refractivity contribution in [2.75, 3.05) is 5.32 Å². The molecule has 27 heavy (non-hydrogen) atoms. The van der Waals surface area contributed by atoms with E-state index in [1.165, 1.54) is 24.3 Å². The molecule has 0 unspecified atom stereocenters. The molecule has 1 aromatic heterocycles. The highest BCUT2D eigenvalue weighted by Crippen LogP contribution is 2.32. The second kappa shape index (κ2) is 6.84. The summed E-state index contributed by atoms with van der Waals surface area (Å²) in [5.41, 5.74) is -1.52. The topological polar surface area (TPSA) is 87.4 Å². The second-order valence-corrected chi connectivity index (χ2v) is 5.84. The molecule has 140 valence electrons. The summed E-state index contributed by atoms with van der Waals surface area (Å²) in [7, 11) is 0. The van der Waals surface area contributed by atoms with Gasteiger partial charge in [0.15, 0.2) is 17.2 Å². The molecule has 3 aromatic rings. The van der Waals surface area contributed by atoms with E-state index in [0.29, 0.717) is 6.07 Å². The van der Waals surface area contributed by atoms with Gasteiger partial charge in [-0.15, -0.1) is 0 Å². The summed E-state index contributed by atoms with van der Waals surface area (Å²) in [4.78, 5) is 12.5. The minimum atomic E-state index is -4.77. The highest BCUT2D eigenvalue weighted by molar-refractivity contribution is 6.32. The van der Waals surface area contributed by atoms with Crippen LogP contribution in [0.3, 0.4) is 0 Å². The van der Waals surface area contributed by atoms with E-state index in [2.05, 4.69) is 10.4 Å². The third-order valence-corrected chi connectivity index (χ3v) is 3.87. The molecule has 0 saturated heterocycles. The summed E-state index contributed by atoms with van der Waals surface area (Å²) in [6, 6.07) is 10.0. The zero-order valence-corrected chi connectivity index (χ0v) is 14.1. The number of carbonyl (C=O) groups excluding carboxylic acids is 1. The van der Waals surface area contributed by atoms with E-state index in [4.69, 9.17) is 11.6 Å². The lowest BCUT2D eigenvalue weighted by Crippen LogP contribution is -2.17. The number of amides is 1. The van der Waals surface area contributed by atoms with Crippen molar-refractivity contribution in [3.8, 4) is 17.2 Å². The number of anilines is 1. The summed E-state index contributed by atoms with van der Waals surface area (Å²) < 4.78 is 40.0. The van der Waals surface area contributed by atoms with Crippen LogP contribution in [-0.2, 0) is 6.18 Å². The van der Waals surface area contributed by atoms with Gasteiger partial charge in [-0.2, -0.15) is 18.3 Å². The number of alkyl halides is 3. The third kappa shape index (κ3) is 3.82. The highest BCUT2D eigenvalue weighted by Gasteiger charge is 2.36. The van der Waals surface area contributed by atoms with E-state index in [1.54, 1.807) is 6.07 Å². The normalized spacial score (nSPS) is 11.4. The second-order valence-electron chi connectivity index (χ2n) is 5.43. The van der Waals surface area contributed by atoms with Crippen LogP contribution in [0.2, 0.25) is 5.02 Å². The van der Waals surface area contributed by atoms with Gasteiger partial charge in [-0.3, -0.25) is 4.79 Å². The van der Waals surface area contributed by atoms with Crippen molar-refractivity contribution in [3.05, 3.63) is 64.9 Å². The number of para-hydroxylation sites is 1. The van der Waals surface area contributed by atoms with Crippen LogP contribution in [0.25, 0.3) is 5.69 Å². The first-order valence-corrected chi connectivity index (χ1v) is 7.80. The molecule has 0 bridgehead atoms. The Kier molecular flexibility index (Phi) is 4.71. The van der Waals surface area contributed by atoms with Crippen LogP contribution < -0.4 is 5.32 Å². The molecular formula is C17H11ClF3N3O3. The number of aromatic nitrogens is 2. The highest BCUT2D eigenvalue weighted by atomic mass is 35.5. The summed E-state index contributed by atoms with van der Waals surface area (Å²) in [6.07, 6.45) is -4.77. The zero-order chi connectivity index (χ0) is 19.8. The molecule has 0 fully saturated rings. The minimum absolute atomic E-state index is 0.0655. The van der Waals surface area contributed by atoms with E-state index < -0.39 is 35.0 Å². The molecule has 0 aliphatic carbocycles. The molecule has 10 heteroatoms. The van der Waals surface area contributed by atoms with Crippen molar-refractivity contribution < 1.29 is 28.2 Å².